The third-order valence-corrected chi connectivity index (χ3v) is 5.22. The molecule has 0 radical (unpaired) electrons. The molecule has 2 fully saturated rings. The Hall–Kier alpha value is -1.85. The molecule has 1 saturated heterocycles. The van der Waals surface area contributed by atoms with Crippen molar-refractivity contribution in [3.8, 4) is 0 Å². The second kappa shape index (κ2) is 6.57. The van der Waals surface area contributed by atoms with Crippen LogP contribution in [0.1, 0.15) is 45.2 Å². The summed E-state index contributed by atoms with van der Waals surface area (Å²) in [5.41, 5.74) is 0.208. The summed E-state index contributed by atoms with van der Waals surface area (Å²) in [4.78, 5) is 31.5. The Balaban J connectivity index is 1.62. The summed E-state index contributed by atoms with van der Waals surface area (Å²) in [5.74, 6) is 0.760. The van der Waals surface area contributed by atoms with E-state index in [2.05, 4.69) is 10.3 Å². The summed E-state index contributed by atoms with van der Waals surface area (Å²) in [6.07, 6.45) is 7.80. The van der Waals surface area contributed by atoms with Crippen LogP contribution in [-0.4, -0.2) is 45.9 Å². The van der Waals surface area contributed by atoms with Gasteiger partial charge in [-0.2, -0.15) is 0 Å². The number of aryl methyl sites for hydroxylation is 1. The number of carbonyl (C=O) groups is 2. The molecule has 2 aliphatic rings. The van der Waals surface area contributed by atoms with Crippen molar-refractivity contribution in [1.82, 2.24) is 19.8 Å². The maximum absolute atomic E-state index is 13.0. The molecular weight excluding hydrogens is 304 g/mol. The van der Waals surface area contributed by atoms with Crippen molar-refractivity contribution in [2.75, 3.05) is 19.6 Å². The van der Waals surface area contributed by atoms with Gasteiger partial charge in [-0.3, -0.25) is 9.59 Å². The molecule has 2 amide bonds. The van der Waals surface area contributed by atoms with Crippen molar-refractivity contribution in [3.63, 3.8) is 0 Å². The number of rotatable bonds is 5. The minimum absolute atomic E-state index is 0.0552. The topological polar surface area (TPSA) is 67.2 Å². The zero-order valence-electron chi connectivity index (χ0n) is 14.9. The first-order valence-corrected chi connectivity index (χ1v) is 8.96. The standard InChI is InChI=1S/C18H28N4O2/c1-13-10-22(12-20-13)18(2,3)17(24)21-8-4-5-15(11-21)16(23)19-9-14-6-7-14/h10,12,14-15H,4-9,11H2,1-3H3,(H,19,23). The predicted octanol–water partition coefficient (Wildman–Crippen LogP) is 1.69. The van der Waals surface area contributed by atoms with Crippen molar-refractivity contribution in [2.45, 2.75) is 52.0 Å². The van der Waals surface area contributed by atoms with Crippen LogP contribution < -0.4 is 5.32 Å². The van der Waals surface area contributed by atoms with E-state index in [1.807, 2.05) is 36.4 Å². The van der Waals surface area contributed by atoms with E-state index in [4.69, 9.17) is 0 Å². The highest BCUT2D eigenvalue weighted by molar-refractivity contribution is 5.85. The van der Waals surface area contributed by atoms with Crippen LogP contribution in [0.5, 0.6) is 0 Å². The molecule has 1 aliphatic carbocycles. The van der Waals surface area contributed by atoms with Crippen LogP contribution in [0.2, 0.25) is 0 Å². The number of amides is 2. The van der Waals surface area contributed by atoms with E-state index >= 15 is 0 Å². The fraction of sp³-hybridized carbons (Fsp3) is 0.722. The number of carbonyl (C=O) groups excluding carboxylic acids is 2. The Morgan fingerprint density at radius 3 is 2.71 bits per heavy atom. The zero-order valence-corrected chi connectivity index (χ0v) is 14.9. The Morgan fingerprint density at radius 1 is 1.33 bits per heavy atom. The third kappa shape index (κ3) is 3.62. The molecule has 24 heavy (non-hydrogen) atoms. The predicted molar refractivity (Wildman–Crippen MR) is 91.3 cm³/mol. The molecular formula is C18H28N4O2. The number of piperidine rings is 1. The van der Waals surface area contributed by atoms with E-state index in [-0.39, 0.29) is 17.7 Å². The lowest BCUT2D eigenvalue weighted by Crippen LogP contribution is -2.52. The first-order valence-electron chi connectivity index (χ1n) is 8.96. The largest absolute Gasteiger partial charge is 0.356 e. The highest BCUT2D eigenvalue weighted by Gasteiger charge is 2.37. The molecule has 0 bridgehead atoms. The smallest absolute Gasteiger partial charge is 0.248 e. The Kier molecular flexibility index (Phi) is 4.65. The van der Waals surface area contributed by atoms with E-state index in [1.54, 1.807) is 6.33 Å². The summed E-state index contributed by atoms with van der Waals surface area (Å²) < 4.78 is 1.86. The van der Waals surface area contributed by atoms with E-state index in [0.717, 1.165) is 31.6 Å². The number of aromatic nitrogens is 2. The first kappa shape index (κ1) is 17.0. The number of hydrogen-bond acceptors (Lipinski definition) is 3. The monoisotopic (exact) mass is 332 g/mol. The number of likely N-dealkylation sites (tertiary alicyclic amines) is 1. The SMILES string of the molecule is Cc1cn(C(C)(C)C(=O)N2CCCC(C(=O)NCC3CC3)C2)cn1. The normalized spacial score (nSPS) is 21.6. The van der Waals surface area contributed by atoms with E-state index in [1.165, 1.54) is 12.8 Å². The Morgan fingerprint density at radius 2 is 2.08 bits per heavy atom. The molecule has 1 N–H and O–H groups in total. The Bertz CT molecular complexity index is 618. The molecule has 2 heterocycles. The molecule has 132 valence electrons. The first-order chi connectivity index (χ1) is 11.4. The van der Waals surface area contributed by atoms with Crippen molar-refractivity contribution in [2.24, 2.45) is 11.8 Å². The fourth-order valence-electron chi connectivity index (χ4n) is 3.31. The van der Waals surface area contributed by atoms with Gasteiger partial charge in [0, 0.05) is 25.8 Å². The molecule has 6 nitrogen and oxygen atoms in total. The molecule has 1 atom stereocenters. The molecule has 0 aromatic carbocycles. The molecule has 1 unspecified atom stereocenters. The molecule has 3 rings (SSSR count). The van der Waals surface area contributed by atoms with Crippen LogP contribution >= 0.6 is 0 Å². The quantitative estimate of drug-likeness (QED) is 0.892. The van der Waals surface area contributed by atoms with Crippen LogP contribution in [-0.2, 0) is 15.1 Å². The van der Waals surface area contributed by atoms with Gasteiger partial charge in [-0.1, -0.05) is 0 Å². The Labute approximate surface area is 143 Å². The van der Waals surface area contributed by atoms with Crippen LogP contribution in [0.15, 0.2) is 12.5 Å². The van der Waals surface area contributed by atoms with Gasteiger partial charge >= 0.3 is 0 Å². The van der Waals surface area contributed by atoms with Crippen molar-refractivity contribution < 1.29 is 9.59 Å². The highest BCUT2D eigenvalue weighted by Crippen LogP contribution is 2.28. The second-order valence-corrected chi connectivity index (χ2v) is 7.76. The molecule has 1 aromatic rings. The number of hydrogen-bond donors (Lipinski definition) is 1. The van der Waals surface area contributed by atoms with Gasteiger partial charge in [-0.05, 0) is 52.4 Å². The van der Waals surface area contributed by atoms with Gasteiger partial charge in [-0.15, -0.1) is 0 Å². The summed E-state index contributed by atoms with van der Waals surface area (Å²) >= 11 is 0. The average Bonchev–Trinajstić information content (AvgIpc) is 3.30. The minimum Gasteiger partial charge on any atom is -0.356 e. The van der Waals surface area contributed by atoms with Gasteiger partial charge in [0.25, 0.3) is 0 Å². The minimum atomic E-state index is -0.687. The second-order valence-electron chi connectivity index (χ2n) is 7.76. The average molecular weight is 332 g/mol. The van der Waals surface area contributed by atoms with Crippen LogP contribution in [0, 0.1) is 18.8 Å². The molecule has 1 aliphatic heterocycles. The lowest BCUT2D eigenvalue weighted by molar-refractivity contribution is -0.142. The van der Waals surface area contributed by atoms with Crippen molar-refractivity contribution >= 4 is 11.8 Å². The molecule has 6 heteroatoms. The van der Waals surface area contributed by atoms with Gasteiger partial charge in [0.1, 0.15) is 5.54 Å². The van der Waals surface area contributed by atoms with E-state index in [9.17, 15) is 9.59 Å². The van der Waals surface area contributed by atoms with Gasteiger partial charge in [-0.25, -0.2) is 4.98 Å². The van der Waals surface area contributed by atoms with Crippen molar-refractivity contribution in [3.05, 3.63) is 18.2 Å². The number of nitrogens with zero attached hydrogens (tertiary/aromatic N) is 3. The lowest BCUT2D eigenvalue weighted by Gasteiger charge is -2.37. The zero-order chi connectivity index (χ0) is 17.3. The van der Waals surface area contributed by atoms with Gasteiger partial charge in [0.2, 0.25) is 11.8 Å². The number of imidazole rings is 1. The van der Waals surface area contributed by atoms with Crippen LogP contribution in [0.4, 0.5) is 0 Å². The summed E-state index contributed by atoms with van der Waals surface area (Å²) in [6, 6.07) is 0. The van der Waals surface area contributed by atoms with Gasteiger partial charge in [0.15, 0.2) is 0 Å². The van der Waals surface area contributed by atoms with Crippen molar-refractivity contribution in [1.29, 1.82) is 0 Å². The summed E-state index contributed by atoms with van der Waals surface area (Å²) in [6.45, 7) is 7.77. The highest BCUT2D eigenvalue weighted by atomic mass is 16.2. The molecule has 1 saturated carbocycles. The fourth-order valence-corrected chi connectivity index (χ4v) is 3.31. The molecule has 1 aromatic heterocycles. The summed E-state index contributed by atoms with van der Waals surface area (Å²) in [5, 5.41) is 3.06. The van der Waals surface area contributed by atoms with E-state index < -0.39 is 5.54 Å². The van der Waals surface area contributed by atoms with Gasteiger partial charge in [0.05, 0.1) is 17.9 Å². The summed E-state index contributed by atoms with van der Waals surface area (Å²) in [7, 11) is 0. The maximum atomic E-state index is 13.0. The third-order valence-electron chi connectivity index (χ3n) is 5.22. The van der Waals surface area contributed by atoms with E-state index in [0.29, 0.717) is 12.5 Å². The maximum Gasteiger partial charge on any atom is 0.248 e. The van der Waals surface area contributed by atoms with Crippen LogP contribution in [0.3, 0.4) is 0 Å². The number of nitrogens with one attached hydrogen (secondary N) is 1. The molecule has 0 spiro atoms. The lowest BCUT2D eigenvalue weighted by atomic mass is 9.94. The van der Waals surface area contributed by atoms with Gasteiger partial charge < -0.3 is 14.8 Å². The van der Waals surface area contributed by atoms with Crippen LogP contribution in [0.25, 0.3) is 0 Å².